The van der Waals surface area contributed by atoms with Gasteiger partial charge in [-0.1, -0.05) is 30.3 Å². The molecule has 2 aromatic carbocycles. The zero-order chi connectivity index (χ0) is 18.9. The first-order chi connectivity index (χ1) is 13.0. The van der Waals surface area contributed by atoms with Gasteiger partial charge < -0.3 is 10.6 Å². The Hall–Kier alpha value is -2.80. The maximum absolute atomic E-state index is 12.9. The van der Waals surface area contributed by atoms with E-state index in [0.29, 0.717) is 16.4 Å². The number of halogens is 2. The van der Waals surface area contributed by atoms with Gasteiger partial charge in [-0.25, -0.2) is 13.8 Å². The first-order valence-corrected chi connectivity index (χ1v) is 9.43. The fourth-order valence-electron chi connectivity index (χ4n) is 2.93. The van der Waals surface area contributed by atoms with E-state index in [1.54, 1.807) is 12.1 Å². The predicted octanol–water partition coefficient (Wildman–Crippen LogP) is 5.27. The Bertz CT molecular complexity index is 933. The van der Waals surface area contributed by atoms with Gasteiger partial charge >= 0.3 is 0 Å². The van der Waals surface area contributed by atoms with Gasteiger partial charge in [-0.3, -0.25) is 4.79 Å². The highest BCUT2D eigenvalue weighted by atomic mass is 32.1. The van der Waals surface area contributed by atoms with Crippen molar-refractivity contribution in [2.75, 3.05) is 10.6 Å². The molecule has 0 unspecified atom stereocenters. The zero-order valence-electron chi connectivity index (χ0n) is 14.3. The molecule has 1 aliphatic carbocycles. The molecule has 0 bridgehead atoms. The summed E-state index contributed by atoms with van der Waals surface area (Å²) in [4.78, 5) is 16.6. The summed E-state index contributed by atoms with van der Waals surface area (Å²) in [7, 11) is 0. The average Bonchev–Trinajstić information content (AvgIpc) is 3.10. The van der Waals surface area contributed by atoms with Crippen LogP contribution in [0, 0.1) is 0 Å². The Morgan fingerprint density at radius 2 is 1.78 bits per heavy atom. The molecule has 4 nitrogen and oxygen atoms in total. The van der Waals surface area contributed by atoms with Crippen LogP contribution in [0.25, 0.3) is 11.3 Å². The lowest BCUT2D eigenvalue weighted by Crippen LogP contribution is -2.44. The summed E-state index contributed by atoms with van der Waals surface area (Å²) in [6.45, 7) is 0. The molecular formula is C20H17F2N3OS. The van der Waals surface area contributed by atoms with Crippen LogP contribution in [0.3, 0.4) is 0 Å². The fraction of sp³-hybridized carbons (Fsp3) is 0.200. The van der Waals surface area contributed by atoms with Crippen LogP contribution >= 0.6 is 11.3 Å². The lowest BCUT2D eigenvalue weighted by molar-refractivity contribution is -0.0793. The molecule has 1 heterocycles. The van der Waals surface area contributed by atoms with Crippen LogP contribution < -0.4 is 10.6 Å². The third-order valence-corrected chi connectivity index (χ3v) is 5.17. The first-order valence-electron chi connectivity index (χ1n) is 8.55. The molecule has 7 heteroatoms. The second-order valence-electron chi connectivity index (χ2n) is 6.54. The lowest BCUT2D eigenvalue weighted by Gasteiger charge is -2.35. The van der Waals surface area contributed by atoms with Crippen LogP contribution in [0.15, 0.2) is 60.0 Å². The summed E-state index contributed by atoms with van der Waals surface area (Å²) in [6, 6.07) is 16.2. The highest BCUT2D eigenvalue weighted by molar-refractivity contribution is 7.14. The Morgan fingerprint density at radius 1 is 1.07 bits per heavy atom. The quantitative estimate of drug-likeness (QED) is 0.629. The van der Waals surface area contributed by atoms with Crippen molar-refractivity contribution in [1.82, 2.24) is 4.98 Å². The second-order valence-corrected chi connectivity index (χ2v) is 7.40. The van der Waals surface area contributed by atoms with Crippen LogP contribution in [0.5, 0.6) is 0 Å². The molecule has 4 rings (SSSR count). The highest BCUT2D eigenvalue weighted by Gasteiger charge is 2.45. The Labute approximate surface area is 159 Å². The zero-order valence-corrected chi connectivity index (χ0v) is 15.1. The number of hydrogen-bond acceptors (Lipinski definition) is 4. The molecule has 1 fully saturated rings. The second kappa shape index (κ2) is 7.08. The maximum Gasteiger partial charge on any atom is 0.255 e. The third-order valence-electron chi connectivity index (χ3n) is 4.40. The molecule has 138 valence electrons. The number of thiazole rings is 1. The fourth-order valence-corrected chi connectivity index (χ4v) is 3.73. The Kier molecular flexibility index (Phi) is 4.61. The molecule has 27 heavy (non-hydrogen) atoms. The monoisotopic (exact) mass is 385 g/mol. The first kappa shape index (κ1) is 17.6. The number of alkyl halides is 2. The van der Waals surface area contributed by atoms with E-state index in [-0.39, 0.29) is 24.8 Å². The van der Waals surface area contributed by atoms with Crippen LogP contribution in [0.4, 0.5) is 19.6 Å². The van der Waals surface area contributed by atoms with Crippen molar-refractivity contribution in [3.63, 3.8) is 0 Å². The summed E-state index contributed by atoms with van der Waals surface area (Å²) in [5.41, 5.74) is 2.96. The molecule has 0 saturated heterocycles. The maximum atomic E-state index is 12.9. The lowest BCUT2D eigenvalue weighted by atomic mass is 9.88. The number of rotatable bonds is 5. The van der Waals surface area contributed by atoms with E-state index in [1.807, 2.05) is 47.8 Å². The van der Waals surface area contributed by atoms with Crippen LogP contribution in [0.1, 0.15) is 23.2 Å². The molecular weight excluding hydrogens is 368 g/mol. The average molecular weight is 385 g/mol. The number of amides is 1. The molecule has 0 radical (unpaired) electrons. The predicted molar refractivity (Wildman–Crippen MR) is 104 cm³/mol. The van der Waals surface area contributed by atoms with Gasteiger partial charge in [-0.2, -0.15) is 0 Å². The van der Waals surface area contributed by atoms with Crippen LogP contribution in [-0.4, -0.2) is 22.9 Å². The summed E-state index contributed by atoms with van der Waals surface area (Å²) < 4.78 is 25.8. The highest BCUT2D eigenvalue weighted by Crippen LogP contribution is 2.39. The van der Waals surface area contributed by atoms with Crippen molar-refractivity contribution in [2.45, 2.75) is 24.8 Å². The number of anilines is 2. The molecule has 0 aliphatic heterocycles. The smallest absolute Gasteiger partial charge is 0.255 e. The summed E-state index contributed by atoms with van der Waals surface area (Å²) in [5.74, 6) is -2.71. The van der Waals surface area contributed by atoms with Gasteiger partial charge in [0.05, 0.1) is 5.69 Å². The molecule has 2 N–H and O–H groups in total. The number of benzene rings is 2. The molecule has 0 spiro atoms. The molecule has 1 aromatic heterocycles. The largest absolute Gasteiger partial charge is 0.358 e. The SMILES string of the molecule is O=C(Nc1ccc(-c2csc(NC3CC(F)(F)C3)n2)cc1)c1ccccc1. The Morgan fingerprint density at radius 3 is 2.44 bits per heavy atom. The third kappa shape index (κ3) is 4.14. The summed E-state index contributed by atoms with van der Waals surface area (Å²) in [5, 5.41) is 8.43. The number of carbonyl (C=O) groups is 1. The number of nitrogens with one attached hydrogen (secondary N) is 2. The van der Waals surface area contributed by atoms with Crippen molar-refractivity contribution in [2.24, 2.45) is 0 Å². The standard InChI is InChI=1S/C20H17F2N3OS/c21-20(22)10-16(11-20)24-19-25-17(12-27-19)13-6-8-15(9-7-13)23-18(26)14-4-2-1-3-5-14/h1-9,12,16H,10-11H2,(H,23,26)(H,24,25). The van der Waals surface area contributed by atoms with Gasteiger partial charge in [0.25, 0.3) is 11.8 Å². The van der Waals surface area contributed by atoms with E-state index in [0.717, 1.165) is 11.3 Å². The van der Waals surface area contributed by atoms with E-state index in [1.165, 1.54) is 11.3 Å². The molecule has 0 atom stereocenters. The number of aromatic nitrogens is 1. The van der Waals surface area contributed by atoms with Crippen LogP contribution in [0.2, 0.25) is 0 Å². The number of carbonyl (C=O) groups excluding carboxylic acids is 1. The summed E-state index contributed by atoms with van der Waals surface area (Å²) in [6.07, 6.45) is -0.282. The molecule has 1 aliphatic rings. The van der Waals surface area contributed by atoms with E-state index < -0.39 is 5.92 Å². The van der Waals surface area contributed by atoms with Gasteiger partial charge in [0.1, 0.15) is 0 Å². The number of nitrogens with zero attached hydrogens (tertiary/aromatic N) is 1. The molecule has 1 saturated carbocycles. The minimum Gasteiger partial charge on any atom is -0.358 e. The van der Waals surface area contributed by atoms with Gasteiger partial charge in [-0.15, -0.1) is 11.3 Å². The van der Waals surface area contributed by atoms with E-state index in [2.05, 4.69) is 15.6 Å². The van der Waals surface area contributed by atoms with Crippen molar-refractivity contribution in [3.05, 3.63) is 65.5 Å². The minimum atomic E-state index is -2.54. The normalized spacial score (nSPS) is 15.8. The van der Waals surface area contributed by atoms with E-state index in [4.69, 9.17) is 0 Å². The minimum absolute atomic E-state index is 0.141. The van der Waals surface area contributed by atoms with Crippen molar-refractivity contribution in [1.29, 1.82) is 0 Å². The van der Waals surface area contributed by atoms with Crippen LogP contribution in [-0.2, 0) is 0 Å². The molecule has 3 aromatic rings. The van der Waals surface area contributed by atoms with Gasteiger partial charge in [0.2, 0.25) is 0 Å². The van der Waals surface area contributed by atoms with Crippen molar-refractivity contribution < 1.29 is 13.6 Å². The molecule has 1 amide bonds. The van der Waals surface area contributed by atoms with Crippen molar-refractivity contribution in [3.8, 4) is 11.3 Å². The van der Waals surface area contributed by atoms with Gasteiger partial charge in [0, 0.05) is 41.1 Å². The topological polar surface area (TPSA) is 54.0 Å². The Balaban J connectivity index is 1.38. The van der Waals surface area contributed by atoms with E-state index in [9.17, 15) is 13.6 Å². The van der Waals surface area contributed by atoms with E-state index >= 15 is 0 Å². The van der Waals surface area contributed by atoms with Crippen molar-refractivity contribution >= 4 is 28.1 Å². The number of hydrogen-bond donors (Lipinski definition) is 2. The van der Waals surface area contributed by atoms with Gasteiger partial charge in [0.15, 0.2) is 5.13 Å². The summed E-state index contributed by atoms with van der Waals surface area (Å²) >= 11 is 1.40. The van der Waals surface area contributed by atoms with Gasteiger partial charge in [-0.05, 0) is 24.3 Å².